The number of carbonyl (C=O) groups excluding carboxylic acids is 1. The average Bonchev–Trinajstić information content (AvgIpc) is 2.66. The quantitative estimate of drug-likeness (QED) is 0.532. The lowest BCUT2D eigenvalue weighted by Crippen LogP contribution is -2.27. The van der Waals surface area contributed by atoms with Crippen molar-refractivity contribution in [1.29, 1.82) is 0 Å². The fraction of sp³-hybridized carbons (Fsp3) is 0.200. The molecule has 1 aromatic heterocycles. The maximum atomic E-state index is 12.7. The van der Waals surface area contributed by atoms with E-state index in [1.807, 2.05) is 0 Å². The molecular weight excluding hydrogens is 336 g/mol. The number of benzene rings is 2. The molecule has 4 rings (SSSR count). The summed E-state index contributed by atoms with van der Waals surface area (Å²) in [7, 11) is 3.09. The summed E-state index contributed by atoms with van der Waals surface area (Å²) in [5.41, 5.74) is 0.890. The van der Waals surface area contributed by atoms with E-state index in [1.165, 1.54) is 7.11 Å². The van der Waals surface area contributed by atoms with Crippen molar-refractivity contribution in [1.82, 2.24) is 0 Å². The maximum absolute atomic E-state index is 12.7. The zero-order valence-corrected chi connectivity index (χ0v) is 14.3. The summed E-state index contributed by atoms with van der Waals surface area (Å²) in [6, 6.07) is 12.3. The topological polar surface area (TPSA) is 75.0 Å². The van der Waals surface area contributed by atoms with Crippen LogP contribution in [0.1, 0.15) is 23.5 Å². The van der Waals surface area contributed by atoms with Gasteiger partial charge in [-0.2, -0.15) is 0 Å². The Morgan fingerprint density at radius 1 is 1.04 bits per heavy atom. The Bertz CT molecular complexity index is 1070. The van der Waals surface area contributed by atoms with Gasteiger partial charge < -0.3 is 18.6 Å². The lowest BCUT2D eigenvalue weighted by molar-refractivity contribution is -0.135. The Morgan fingerprint density at radius 2 is 1.85 bits per heavy atom. The Hall–Kier alpha value is -3.28. The molecule has 1 aliphatic rings. The van der Waals surface area contributed by atoms with Crippen LogP contribution in [0.5, 0.6) is 17.2 Å². The van der Waals surface area contributed by atoms with Gasteiger partial charge in [-0.25, -0.2) is 4.79 Å². The lowest BCUT2D eigenvalue weighted by atomic mass is 9.86. The SMILES string of the molecule is COc1ccc(C2CC(=O)Oc3c2c(=O)oc2ccccc32)c(OC)c1. The van der Waals surface area contributed by atoms with E-state index in [1.54, 1.807) is 49.6 Å². The second-order valence-corrected chi connectivity index (χ2v) is 5.97. The van der Waals surface area contributed by atoms with E-state index in [-0.39, 0.29) is 12.2 Å². The van der Waals surface area contributed by atoms with Gasteiger partial charge in [0.05, 0.1) is 31.6 Å². The number of fused-ring (bicyclic) bond motifs is 3. The molecule has 3 aromatic rings. The predicted molar refractivity (Wildman–Crippen MR) is 94.1 cm³/mol. The number of carbonyl (C=O) groups is 1. The summed E-state index contributed by atoms with van der Waals surface area (Å²) >= 11 is 0. The first kappa shape index (κ1) is 16.2. The van der Waals surface area contributed by atoms with Crippen molar-refractivity contribution < 1.29 is 23.4 Å². The van der Waals surface area contributed by atoms with E-state index in [9.17, 15) is 9.59 Å². The van der Waals surface area contributed by atoms with E-state index in [2.05, 4.69) is 0 Å². The van der Waals surface area contributed by atoms with Crippen LogP contribution in [0.3, 0.4) is 0 Å². The molecule has 2 aromatic carbocycles. The molecule has 0 spiro atoms. The molecule has 132 valence electrons. The molecule has 0 N–H and O–H groups in total. The van der Waals surface area contributed by atoms with Gasteiger partial charge >= 0.3 is 11.6 Å². The third-order valence-corrected chi connectivity index (χ3v) is 4.55. The molecule has 2 heterocycles. The normalized spacial score (nSPS) is 16.1. The second-order valence-electron chi connectivity index (χ2n) is 5.97. The van der Waals surface area contributed by atoms with Gasteiger partial charge in [0, 0.05) is 17.5 Å². The van der Waals surface area contributed by atoms with E-state index >= 15 is 0 Å². The van der Waals surface area contributed by atoms with Gasteiger partial charge in [-0.05, 0) is 18.2 Å². The highest BCUT2D eigenvalue weighted by Gasteiger charge is 2.35. The van der Waals surface area contributed by atoms with E-state index in [4.69, 9.17) is 18.6 Å². The molecule has 1 atom stereocenters. The summed E-state index contributed by atoms with van der Waals surface area (Å²) in [6.45, 7) is 0. The number of esters is 1. The fourth-order valence-electron chi connectivity index (χ4n) is 3.34. The molecule has 0 bridgehead atoms. The first-order valence-corrected chi connectivity index (χ1v) is 8.10. The number of hydrogen-bond acceptors (Lipinski definition) is 6. The van der Waals surface area contributed by atoms with Crippen molar-refractivity contribution >= 4 is 16.9 Å². The summed E-state index contributed by atoms with van der Waals surface area (Å²) in [6.07, 6.45) is 0.0266. The molecule has 0 radical (unpaired) electrons. The first-order valence-electron chi connectivity index (χ1n) is 8.10. The van der Waals surface area contributed by atoms with Gasteiger partial charge in [0.2, 0.25) is 0 Å². The second kappa shape index (κ2) is 6.22. The molecule has 0 aliphatic carbocycles. The van der Waals surface area contributed by atoms with Crippen LogP contribution in [0, 0.1) is 0 Å². The van der Waals surface area contributed by atoms with Gasteiger partial charge in [0.25, 0.3) is 0 Å². The molecule has 1 unspecified atom stereocenters. The smallest absolute Gasteiger partial charge is 0.343 e. The van der Waals surface area contributed by atoms with Crippen LogP contribution in [-0.4, -0.2) is 20.2 Å². The Labute approximate surface area is 148 Å². The Kier molecular flexibility index (Phi) is 3.88. The Balaban J connectivity index is 1.98. The maximum Gasteiger partial charge on any atom is 0.343 e. The summed E-state index contributed by atoms with van der Waals surface area (Å²) in [5.74, 6) is 0.484. The van der Waals surface area contributed by atoms with Crippen LogP contribution in [0.25, 0.3) is 11.0 Å². The van der Waals surface area contributed by atoms with E-state index in [0.717, 1.165) is 0 Å². The predicted octanol–water partition coefficient (Wildman–Crippen LogP) is 3.25. The minimum absolute atomic E-state index is 0.0266. The van der Waals surface area contributed by atoms with Crippen LogP contribution in [0.4, 0.5) is 0 Å². The van der Waals surface area contributed by atoms with E-state index < -0.39 is 17.5 Å². The highest BCUT2D eigenvalue weighted by molar-refractivity contribution is 5.90. The highest BCUT2D eigenvalue weighted by Crippen LogP contribution is 2.43. The zero-order chi connectivity index (χ0) is 18.3. The third-order valence-electron chi connectivity index (χ3n) is 4.55. The molecule has 6 heteroatoms. The van der Waals surface area contributed by atoms with Crippen molar-refractivity contribution in [3.8, 4) is 17.2 Å². The van der Waals surface area contributed by atoms with Gasteiger partial charge in [-0.1, -0.05) is 18.2 Å². The standard InChI is InChI=1S/C20H16O6/c1-23-11-7-8-12(16(9-11)24-2)14-10-17(21)26-19-13-5-3-4-6-15(13)25-20(22)18(14)19/h3-9,14H,10H2,1-2H3. The van der Waals surface area contributed by atoms with Crippen LogP contribution in [-0.2, 0) is 4.79 Å². The fourth-order valence-corrected chi connectivity index (χ4v) is 3.34. The van der Waals surface area contributed by atoms with Gasteiger partial charge in [0.15, 0.2) is 5.75 Å². The molecule has 1 aliphatic heterocycles. The molecule has 0 amide bonds. The summed E-state index contributed by atoms with van der Waals surface area (Å²) in [4.78, 5) is 24.9. The van der Waals surface area contributed by atoms with Gasteiger partial charge in [-0.3, -0.25) is 4.79 Å². The van der Waals surface area contributed by atoms with Gasteiger partial charge in [-0.15, -0.1) is 0 Å². The number of para-hydroxylation sites is 1. The zero-order valence-electron chi connectivity index (χ0n) is 14.3. The molecule has 6 nitrogen and oxygen atoms in total. The number of methoxy groups -OCH3 is 2. The third kappa shape index (κ3) is 2.50. The van der Waals surface area contributed by atoms with Crippen molar-refractivity contribution in [2.45, 2.75) is 12.3 Å². The molecule has 0 saturated heterocycles. The minimum Gasteiger partial charge on any atom is -0.497 e. The number of hydrogen-bond donors (Lipinski definition) is 0. The van der Waals surface area contributed by atoms with Crippen LogP contribution < -0.4 is 19.8 Å². The van der Waals surface area contributed by atoms with Crippen molar-refractivity contribution in [3.63, 3.8) is 0 Å². The van der Waals surface area contributed by atoms with Gasteiger partial charge in [0.1, 0.15) is 17.1 Å². The Morgan fingerprint density at radius 3 is 2.62 bits per heavy atom. The highest BCUT2D eigenvalue weighted by atomic mass is 16.5. The van der Waals surface area contributed by atoms with Crippen LogP contribution in [0.2, 0.25) is 0 Å². The number of rotatable bonds is 3. The molecule has 0 saturated carbocycles. The monoisotopic (exact) mass is 352 g/mol. The van der Waals surface area contributed by atoms with Crippen LogP contribution >= 0.6 is 0 Å². The minimum atomic E-state index is -0.520. The average molecular weight is 352 g/mol. The van der Waals surface area contributed by atoms with Crippen LogP contribution in [0.15, 0.2) is 51.7 Å². The van der Waals surface area contributed by atoms with Crippen molar-refractivity contribution in [2.24, 2.45) is 0 Å². The summed E-state index contributed by atoms with van der Waals surface area (Å²) in [5, 5.41) is 0.590. The lowest BCUT2D eigenvalue weighted by Gasteiger charge is -2.25. The molecule has 26 heavy (non-hydrogen) atoms. The van der Waals surface area contributed by atoms with Crippen molar-refractivity contribution in [2.75, 3.05) is 14.2 Å². The van der Waals surface area contributed by atoms with Crippen molar-refractivity contribution in [3.05, 3.63) is 64.0 Å². The largest absolute Gasteiger partial charge is 0.497 e. The number of ether oxygens (including phenoxy) is 3. The van der Waals surface area contributed by atoms with E-state index in [0.29, 0.717) is 33.6 Å². The molecule has 0 fully saturated rings. The molecular formula is C20H16O6. The first-order chi connectivity index (χ1) is 12.6. The summed E-state index contributed by atoms with van der Waals surface area (Å²) < 4.78 is 21.6.